The summed E-state index contributed by atoms with van der Waals surface area (Å²) in [4.78, 5) is -0.997. The number of benzene rings is 2. The van der Waals surface area contributed by atoms with Gasteiger partial charge in [0.1, 0.15) is 9.79 Å². The highest BCUT2D eigenvalue weighted by Gasteiger charge is 2.19. The molecule has 2 radical (unpaired) electrons. The second kappa shape index (κ2) is 4.02. The van der Waals surface area contributed by atoms with E-state index in [4.69, 9.17) is 9.11 Å². The van der Waals surface area contributed by atoms with Gasteiger partial charge in [0.05, 0.1) is 0 Å². The molecule has 0 heterocycles. The molecule has 8 heteroatoms. The lowest BCUT2D eigenvalue weighted by molar-refractivity contribution is 0.481. The SMILES string of the molecule is O=S(=O)(O)c1cccc2c(S(=O)(=O)O)c[c][c]c12. The first-order valence-corrected chi connectivity index (χ1v) is 7.39. The summed E-state index contributed by atoms with van der Waals surface area (Å²) in [7, 11) is -9.04. The Morgan fingerprint density at radius 1 is 0.944 bits per heavy atom. The van der Waals surface area contributed by atoms with Crippen LogP contribution < -0.4 is 0 Å². The average molecular weight is 286 g/mol. The van der Waals surface area contributed by atoms with Gasteiger partial charge in [0, 0.05) is 16.8 Å². The summed E-state index contributed by atoms with van der Waals surface area (Å²) in [6.07, 6.45) is 0. The van der Waals surface area contributed by atoms with Gasteiger partial charge in [-0.15, -0.1) is 0 Å². The summed E-state index contributed by atoms with van der Waals surface area (Å²) in [5.74, 6) is 0. The smallest absolute Gasteiger partial charge is 0.282 e. The molecule has 0 saturated carbocycles. The predicted octanol–water partition coefficient (Wildman–Crippen LogP) is 0.934. The molecule has 0 bridgehead atoms. The van der Waals surface area contributed by atoms with E-state index in [0.29, 0.717) is 0 Å². The Kier molecular flexibility index (Phi) is 2.90. The average Bonchev–Trinajstić information content (AvgIpc) is 2.24. The van der Waals surface area contributed by atoms with Crippen LogP contribution in [0, 0.1) is 12.1 Å². The largest absolute Gasteiger partial charge is 0.295 e. The van der Waals surface area contributed by atoms with Gasteiger partial charge in [-0.2, -0.15) is 16.8 Å². The van der Waals surface area contributed by atoms with Crippen molar-refractivity contribution in [2.75, 3.05) is 0 Å². The fourth-order valence-corrected chi connectivity index (χ4v) is 2.87. The van der Waals surface area contributed by atoms with E-state index in [2.05, 4.69) is 12.1 Å². The van der Waals surface area contributed by atoms with Crippen LogP contribution in [0.4, 0.5) is 0 Å². The first-order chi connectivity index (χ1) is 8.21. The van der Waals surface area contributed by atoms with E-state index in [-0.39, 0.29) is 10.8 Å². The Morgan fingerprint density at radius 2 is 1.56 bits per heavy atom. The second-order valence-corrected chi connectivity index (χ2v) is 6.19. The molecule has 0 fully saturated rings. The summed E-state index contributed by atoms with van der Waals surface area (Å²) in [5, 5.41) is -0.221. The molecule has 0 aliphatic carbocycles. The minimum absolute atomic E-state index is 0.0635. The van der Waals surface area contributed by atoms with Crippen molar-refractivity contribution in [2.24, 2.45) is 0 Å². The fraction of sp³-hybridized carbons (Fsp3) is 0. The van der Waals surface area contributed by atoms with E-state index in [0.717, 1.165) is 12.1 Å². The molecule has 2 rings (SSSR count). The molecule has 0 saturated heterocycles. The van der Waals surface area contributed by atoms with Crippen molar-refractivity contribution in [2.45, 2.75) is 9.79 Å². The van der Waals surface area contributed by atoms with Gasteiger partial charge in [-0.1, -0.05) is 12.1 Å². The summed E-state index contributed by atoms with van der Waals surface area (Å²) in [5.41, 5.74) is 0. The zero-order valence-corrected chi connectivity index (χ0v) is 10.3. The quantitative estimate of drug-likeness (QED) is 0.795. The van der Waals surface area contributed by atoms with Crippen LogP contribution in [0.25, 0.3) is 10.8 Å². The van der Waals surface area contributed by atoms with E-state index >= 15 is 0 Å². The predicted molar refractivity (Wildman–Crippen MR) is 61.2 cm³/mol. The first kappa shape index (κ1) is 13.0. The van der Waals surface area contributed by atoms with Gasteiger partial charge in [-0.25, -0.2) is 0 Å². The van der Waals surface area contributed by atoms with Crippen molar-refractivity contribution in [3.63, 3.8) is 0 Å². The van der Waals surface area contributed by atoms with Crippen molar-refractivity contribution in [1.29, 1.82) is 0 Å². The van der Waals surface area contributed by atoms with Gasteiger partial charge in [0.2, 0.25) is 0 Å². The Morgan fingerprint density at radius 3 is 2.11 bits per heavy atom. The third-order valence-electron chi connectivity index (χ3n) is 2.25. The molecule has 2 N–H and O–H groups in total. The molecule has 0 aliphatic heterocycles. The summed E-state index contributed by atoms with van der Waals surface area (Å²) in [6.45, 7) is 0. The van der Waals surface area contributed by atoms with Crippen LogP contribution in [0.3, 0.4) is 0 Å². The molecule has 2 aromatic rings. The van der Waals surface area contributed by atoms with E-state index in [9.17, 15) is 16.8 Å². The maximum Gasteiger partial charge on any atom is 0.295 e. The van der Waals surface area contributed by atoms with Gasteiger partial charge in [-0.05, 0) is 18.2 Å². The highest BCUT2D eigenvalue weighted by atomic mass is 32.2. The number of rotatable bonds is 2. The molecule has 18 heavy (non-hydrogen) atoms. The Bertz CT molecular complexity index is 749. The summed E-state index contributed by atoms with van der Waals surface area (Å²) >= 11 is 0. The Balaban J connectivity index is 3.00. The molecular formula is C10H6O6S2. The van der Waals surface area contributed by atoms with Crippen molar-refractivity contribution >= 4 is 31.0 Å². The first-order valence-electron chi connectivity index (χ1n) is 4.51. The number of hydrogen-bond acceptors (Lipinski definition) is 4. The molecule has 0 atom stereocenters. The number of hydrogen-bond donors (Lipinski definition) is 2. The Labute approximate surface area is 103 Å². The van der Waals surface area contributed by atoms with Crippen LogP contribution in [-0.4, -0.2) is 25.9 Å². The molecule has 94 valence electrons. The molecular weight excluding hydrogens is 280 g/mol. The van der Waals surface area contributed by atoms with Crippen LogP contribution in [0.15, 0.2) is 34.1 Å². The van der Waals surface area contributed by atoms with Crippen molar-refractivity contribution in [3.05, 3.63) is 36.4 Å². The third-order valence-corrected chi connectivity index (χ3v) is 4.04. The summed E-state index contributed by atoms with van der Waals surface area (Å²) < 4.78 is 62.5. The van der Waals surface area contributed by atoms with Crippen LogP contribution in [0.2, 0.25) is 0 Å². The third kappa shape index (κ3) is 2.23. The van der Waals surface area contributed by atoms with Gasteiger partial charge < -0.3 is 0 Å². The monoisotopic (exact) mass is 286 g/mol. The maximum absolute atomic E-state index is 11.1. The van der Waals surface area contributed by atoms with Gasteiger partial charge in [0.15, 0.2) is 0 Å². The molecule has 0 aliphatic rings. The maximum atomic E-state index is 11.1. The van der Waals surface area contributed by atoms with Crippen molar-refractivity contribution in [1.82, 2.24) is 0 Å². The standard InChI is InChI=1S/C10H6O6S2/c11-17(12,13)9-5-1-3-7-8(9)4-2-6-10(7)18(14,15)16/h1,3,5-6H,(H,11,12,13)(H,14,15,16). The normalized spacial score (nSPS) is 12.8. The van der Waals surface area contributed by atoms with Crippen LogP contribution in [0.5, 0.6) is 0 Å². The van der Waals surface area contributed by atoms with Crippen molar-refractivity contribution < 1.29 is 25.9 Å². The summed E-state index contributed by atoms with van der Waals surface area (Å²) in [6, 6.07) is 9.27. The molecule has 6 nitrogen and oxygen atoms in total. The zero-order valence-electron chi connectivity index (χ0n) is 8.65. The lowest BCUT2D eigenvalue weighted by Crippen LogP contribution is -2.02. The van der Waals surface area contributed by atoms with E-state index in [1.807, 2.05) is 0 Å². The second-order valence-electron chi connectivity index (χ2n) is 3.41. The van der Waals surface area contributed by atoms with Crippen molar-refractivity contribution in [3.8, 4) is 0 Å². The lowest BCUT2D eigenvalue weighted by Gasteiger charge is -2.06. The molecule has 0 aromatic heterocycles. The van der Waals surface area contributed by atoms with E-state index < -0.39 is 30.0 Å². The lowest BCUT2D eigenvalue weighted by atomic mass is 10.1. The Hall–Kier alpha value is -1.48. The van der Waals surface area contributed by atoms with Gasteiger partial charge >= 0.3 is 0 Å². The van der Waals surface area contributed by atoms with Gasteiger partial charge in [0.25, 0.3) is 20.2 Å². The topological polar surface area (TPSA) is 109 Å². The van der Waals surface area contributed by atoms with E-state index in [1.54, 1.807) is 0 Å². The highest BCUT2D eigenvalue weighted by molar-refractivity contribution is 7.86. The zero-order chi connectivity index (χ0) is 13.6. The van der Waals surface area contributed by atoms with Crippen LogP contribution in [0.1, 0.15) is 0 Å². The molecule has 0 unspecified atom stereocenters. The van der Waals surface area contributed by atoms with Crippen LogP contribution in [-0.2, 0) is 20.2 Å². The minimum atomic E-state index is -4.52. The van der Waals surface area contributed by atoms with Crippen LogP contribution >= 0.6 is 0 Å². The molecule has 2 aromatic carbocycles. The molecule has 0 spiro atoms. The fourth-order valence-electron chi connectivity index (χ4n) is 1.55. The minimum Gasteiger partial charge on any atom is -0.282 e. The highest BCUT2D eigenvalue weighted by Crippen LogP contribution is 2.27. The van der Waals surface area contributed by atoms with E-state index in [1.165, 1.54) is 12.1 Å². The molecule has 0 amide bonds. The van der Waals surface area contributed by atoms with Gasteiger partial charge in [-0.3, -0.25) is 9.11 Å². The number of fused-ring (bicyclic) bond motifs is 1.